The minimum atomic E-state index is -0.160. The van der Waals surface area contributed by atoms with E-state index in [4.69, 9.17) is 9.52 Å². The molecule has 10 heavy (non-hydrogen) atoms. The minimum absolute atomic E-state index is 0.125. The molecule has 1 N–H and O–H groups in total. The molecule has 0 saturated carbocycles. The van der Waals surface area contributed by atoms with Crippen molar-refractivity contribution in [3.8, 4) is 0 Å². The van der Waals surface area contributed by atoms with E-state index in [0.717, 1.165) is 0 Å². The van der Waals surface area contributed by atoms with Gasteiger partial charge in [0, 0.05) is 6.42 Å². The lowest BCUT2D eigenvalue weighted by Gasteiger charge is -1.89. The quantitative estimate of drug-likeness (QED) is 0.633. The first-order valence-corrected chi connectivity index (χ1v) is 3.02. The fourth-order valence-corrected chi connectivity index (χ4v) is 0.662. The number of hydrogen-bond acceptors (Lipinski definition) is 3. The maximum Gasteiger partial charge on any atom is 0.200 e. The lowest BCUT2D eigenvalue weighted by atomic mass is 10.2. The first-order chi connectivity index (χ1) is 4.84. The third-order valence-electron chi connectivity index (χ3n) is 1.13. The highest BCUT2D eigenvalue weighted by molar-refractivity contribution is 5.93. The number of hydrogen-bond donors (Lipinski definition) is 1. The first kappa shape index (κ1) is 7.02. The van der Waals surface area contributed by atoms with Crippen LogP contribution >= 0.6 is 0 Å². The number of ketones is 1. The van der Waals surface area contributed by atoms with E-state index in [-0.39, 0.29) is 18.8 Å². The second kappa shape index (κ2) is 3.17. The van der Waals surface area contributed by atoms with Gasteiger partial charge in [-0.25, -0.2) is 0 Å². The van der Waals surface area contributed by atoms with Gasteiger partial charge in [0.2, 0.25) is 0 Å². The molecular formula is C7H8O3. The van der Waals surface area contributed by atoms with Gasteiger partial charge in [0.15, 0.2) is 11.5 Å². The topological polar surface area (TPSA) is 50.4 Å². The molecule has 0 radical (unpaired) electrons. The van der Waals surface area contributed by atoms with Crippen LogP contribution in [0.4, 0.5) is 0 Å². The van der Waals surface area contributed by atoms with E-state index in [0.29, 0.717) is 5.76 Å². The summed E-state index contributed by atoms with van der Waals surface area (Å²) in [6.45, 7) is -0.125. The van der Waals surface area contributed by atoms with Crippen molar-refractivity contribution < 1.29 is 14.3 Å². The molecule has 54 valence electrons. The smallest absolute Gasteiger partial charge is 0.200 e. The minimum Gasteiger partial charge on any atom is -0.461 e. The number of Topliss-reactive ketones (excluding diaryl/α,β-unsaturated/α-hetero) is 1. The van der Waals surface area contributed by atoms with Crippen LogP contribution in [0, 0.1) is 0 Å². The van der Waals surface area contributed by atoms with Gasteiger partial charge in [-0.15, -0.1) is 0 Å². The zero-order valence-electron chi connectivity index (χ0n) is 5.41. The van der Waals surface area contributed by atoms with Gasteiger partial charge in [0.25, 0.3) is 0 Å². The second-order valence-corrected chi connectivity index (χ2v) is 1.87. The summed E-state index contributed by atoms with van der Waals surface area (Å²) in [6, 6.07) is 3.22. The van der Waals surface area contributed by atoms with Crippen LogP contribution in [0.25, 0.3) is 0 Å². The monoisotopic (exact) mass is 140 g/mol. The van der Waals surface area contributed by atoms with Gasteiger partial charge in [0.1, 0.15) is 0 Å². The van der Waals surface area contributed by atoms with Gasteiger partial charge in [-0.1, -0.05) is 0 Å². The Morgan fingerprint density at radius 2 is 2.50 bits per heavy atom. The van der Waals surface area contributed by atoms with Gasteiger partial charge < -0.3 is 9.52 Å². The van der Waals surface area contributed by atoms with E-state index in [1.807, 2.05) is 0 Å². The summed E-state index contributed by atoms with van der Waals surface area (Å²) in [5.41, 5.74) is 0. The SMILES string of the molecule is O=C(CCO)c1ccco1. The summed E-state index contributed by atoms with van der Waals surface area (Å²) >= 11 is 0. The maximum atomic E-state index is 10.9. The summed E-state index contributed by atoms with van der Waals surface area (Å²) in [4.78, 5) is 10.9. The van der Waals surface area contributed by atoms with Gasteiger partial charge in [-0.2, -0.15) is 0 Å². The van der Waals surface area contributed by atoms with E-state index >= 15 is 0 Å². The Hall–Kier alpha value is -1.09. The molecule has 0 unspecified atom stereocenters. The summed E-state index contributed by atoms with van der Waals surface area (Å²) in [5.74, 6) is 0.154. The predicted molar refractivity (Wildman–Crippen MR) is 34.7 cm³/mol. The van der Waals surface area contributed by atoms with E-state index in [1.165, 1.54) is 6.26 Å². The summed E-state index contributed by atoms with van der Waals surface area (Å²) in [7, 11) is 0. The Labute approximate surface area is 58.3 Å². The van der Waals surface area contributed by atoms with Crippen molar-refractivity contribution in [1.82, 2.24) is 0 Å². The molecule has 0 aliphatic heterocycles. The first-order valence-electron chi connectivity index (χ1n) is 3.02. The third-order valence-corrected chi connectivity index (χ3v) is 1.13. The number of carbonyl (C=O) groups is 1. The fourth-order valence-electron chi connectivity index (χ4n) is 0.662. The number of furan rings is 1. The van der Waals surface area contributed by atoms with Crippen LogP contribution in [0.2, 0.25) is 0 Å². The Bertz CT molecular complexity index is 201. The molecule has 0 aromatic carbocycles. The van der Waals surface area contributed by atoms with E-state index in [2.05, 4.69) is 0 Å². The molecule has 3 nitrogen and oxygen atoms in total. The molecule has 0 amide bonds. The lowest BCUT2D eigenvalue weighted by molar-refractivity contribution is 0.0929. The molecule has 3 heteroatoms. The number of aliphatic hydroxyl groups is 1. The fraction of sp³-hybridized carbons (Fsp3) is 0.286. The normalized spacial score (nSPS) is 9.70. The van der Waals surface area contributed by atoms with E-state index < -0.39 is 0 Å². The van der Waals surface area contributed by atoms with Gasteiger partial charge in [-0.05, 0) is 12.1 Å². The molecule has 1 aromatic rings. The second-order valence-electron chi connectivity index (χ2n) is 1.87. The van der Waals surface area contributed by atoms with Crippen molar-refractivity contribution in [2.75, 3.05) is 6.61 Å². The van der Waals surface area contributed by atoms with Crippen molar-refractivity contribution in [3.05, 3.63) is 24.2 Å². The van der Waals surface area contributed by atoms with Crippen molar-refractivity contribution in [2.24, 2.45) is 0 Å². The van der Waals surface area contributed by atoms with Crippen LogP contribution < -0.4 is 0 Å². The van der Waals surface area contributed by atoms with E-state index in [1.54, 1.807) is 12.1 Å². The van der Waals surface area contributed by atoms with Crippen LogP contribution in [0.15, 0.2) is 22.8 Å². The highest BCUT2D eigenvalue weighted by Gasteiger charge is 2.05. The molecule has 0 spiro atoms. The van der Waals surface area contributed by atoms with Crippen molar-refractivity contribution in [2.45, 2.75) is 6.42 Å². The van der Waals surface area contributed by atoms with Crippen molar-refractivity contribution in [3.63, 3.8) is 0 Å². The lowest BCUT2D eigenvalue weighted by Crippen LogP contribution is -1.99. The molecule has 0 atom stereocenters. The van der Waals surface area contributed by atoms with Crippen LogP contribution in [0.5, 0.6) is 0 Å². The Morgan fingerprint density at radius 3 is 3.00 bits per heavy atom. The molecule has 0 fully saturated rings. The standard InChI is InChI=1S/C7H8O3/c8-4-3-6(9)7-2-1-5-10-7/h1-2,5,8H,3-4H2. The molecule has 0 aliphatic rings. The molecular weight excluding hydrogens is 132 g/mol. The van der Waals surface area contributed by atoms with Gasteiger partial charge in [0.05, 0.1) is 12.9 Å². The molecule has 0 saturated heterocycles. The Balaban J connectivity index is 2.59. The summed E-state index contributed by atoms with van der Waals surface area (Å²) < 4.78 is 4.79. The molecule has 0 bridgehead atoms. The summed E-state index contributed by atoms with van der Waals surface area (Å²) in [6.07, 6.45) is 1.57. The van der Waals surface area contributed by atoms with Gasteiger partial charge in [-0.3, -0.25) is 4.79 Å². The predicted octanol–water partition coefficient (Wildman–Crippen LogP) is 0.845. The highest BCUT2D eigenvalue weighted by Crippen LogP contribution is 2.02. The maximum absolute atomic E-state index is 10.9. The average molecular weight is 140 g/mol. The van der Waals surface area contributed by atoms with Crippen LogP contribution in [-0.2, 0) is 0 Å². The van der Waals surface area contributed by atoms with Crippen LogP contribution in [0.1, 0.15) is 17.0 Å². The number of carbonyl (C=O) groups excluding carboxylic acids is 1. The molecule has 1 heterocycles. The molecule has 1 aromatic heterocycles. The molecule has 0 aliphatic carbocycles. The molecule has 1 rings (SSSR count). The number of aliphatic hydroxyl groups excluding tert-OH is 1. The van der Waals surface area contributed by atoms with Crippen molar-refractivity contribution in [1.29, 1.82) is 0 Å². The van der Waals surface area contributed by atoms with Crippen LogP contribution in [-0.4, -0.2) is 17.5 Å². The summed E-state index contributed by atoms with van der Waals surface area (Å²) in [5, 5.41) is 8.37. The highest BCUT2D eigenvalue weighted by atomic mass is 16.3. The zero-order chi connectivity index (χ0) is 7.40. The van der Waals surface area contributed by atoms with Gasteiger partial charge >= 0.3 is 0 Å². The average Bonchev–Trinajstić information content (AvgIpc) is 2.38. The zero-order valence-corrected chi connectivity index (χ0v) is 5.41. The number of rotatable bonds is 3. The Kier molecular flexibility index (Phi) is 2.23. The van der Waals surface area contributed by atoms with Crippen molar-refractivity contribution >= 4 is 5.78 Å². The third kappa shape index (κ3) is 1.45. The van der Waals surface area contributed by atoms with Crippen LogP contribution in [0.3, 0.4) is 0 Å². The Morgan fingerprint density at radius 1 is 1.70 bits per heavy atom. The largest absolute Gasteiger partial charge is 0.461 e. The van der Waals surface area contributed by atoms with E-state index in [9.17, 15) is 4.79 Å².